The Hall–Kier alpha value is -1.42. The SMILES string of the molecule is CN(C)C(=O)CCOc1cc(Cl)ccc1N. The second-order valence-electron chi connectivity index (χ2n) is 3.57. The summed E-state index contributed by atoms with van der Waals surface area (Å²) < 4.78 is 5.38. The smallest absolute Gasteiger partial charge is 0.225 e. The number of benzene rings is 1. The molecule has 5 heteroatoms. The molecule has 0 saturated carbocycles. The van der Waals surface area contributed by atoms with Crippen LogP contribution in [-0.2, 0) is 4.79 Å². The molecular weight excluding hydrogens is 228 g/mol. The first-order chi connectivity index (χ1) is 7.50. The Kier molecular flexibility index (Phi) is 4.43. The van der Waals surface area contributed by atoms with Crippen LogP contribution in [0.2, 0.25) is 5.02 Å². The van der Waals surface area contributed by atoms with Crippen molar-refractivity contribution >= 4 is 23.2 Å². The highest BCUT2D eigenvalue weighted by molar-refractivity contribution is 6.30. The number of halogens is 1. The number of nitrogens with zero attached hydrogens (tertiary/aromatic N) is 1. The first-order valence-corrected chi connectivity index (χ1v) is 5.26. The standard InChI is InChI=1S/C11H15ClN2O2/c1-14(2)11(15)5-6-16-10-7-8(12)3-4-9(10)13/h3-4,7H,5-6,13H2,1-2H3. The van der Waals surface area contributed by atoms with Crippen LogP contribution in [0.5, 0.6) is 5.75 Å². The van der Waals surface area contributed by atoms with E-state index < -0.39 is 0 Å². The van der Waals surface area contributed by atoms with Gasteiger partial charge in [-0.05, 0) is 12.1 Å². The number of nitrogen functional groups attached to an aromatic ring is 1. The minimum Gasteiger partial charge on any atom is -0.491 e. The Morgan fingerprint density at radius 3 is 2.81 bits per heavy atom. The molecule has 0 saturated heterocycles. The monoisotopic (exact) mass is 242 g/mol. The molecule has 16 heavy (non-hydrogen) atoms. The molecule has 0 aliphatic carbocycles. The summed E-state index contributed by atoms with van der Waals surface area (Å²) in [4.78, 5) is 12.8. The molecule has 0 heterocycles. The highest BCUT2D eigenvalue weighted by Gasteiger charge is 2.05. The molecule has 0 unspecified atom stereocenters. The minimum atomic E-state index is 0.0144. The molecule has 88 valence electrons. The lowest BCUT2D eigenvalue weighted by Gasteiger charge is -2.12. The van der Waals surface area contributed by atoms with Gasteiger partial charge in [-0.2, -0.15) is 0 Å². The van der Waals surface area contributed by atoms with Crippen molar-refractivity contribution in [2.24, 2.45) is 0 Å². The number of carbonyl (C=O) groups excluding carboxylic acids is 1. The third kappa shape index (κ3) is 3.62. The molecule has 0 fully saturated rings. The second-order valence-corrected chi connectivity index (χ2v) is 4.01. The highest BCUT2D eigenvalue weighted by Crippen LogP contribution is 2.25. The van der Waals surface area contributed by atoms with E-state index in [0.29, 0.717) is 29.5 Å². The molecule has 1 amide bonds. The summed E-state index contributed by atoms with van der Waals surface area (Å²) in [5, 5.41) is 0.558. The number of rotatable bonds is 4. The number of carbonyl (C=O) groups is 1. The third-order valence-corrected chi connectivity index (χ3v) is 2.28. The van der Waals surface area contributed by atoms with Gasteiger partial charge in [0.15, 0.2) is 0 Å². The molecule has 1 aromatic carbocycles. The normalized spacial score (nSPS) is 9.94. The Balaban J connectivity index is 2.49. The van der Waals surface area contributed by atoms with Crippen LogP contribution in [0.3, 0.4) is 0 Å². The molecule has 2 N–H and O–H groups in total. The molecule has 1 rings (SSSR count). The van der Waals surface area contributed by atoms with Gasteiger partial charge in [0.2, 0.25) is 5.91 Å². The topological polar surface area (TPSA) is 55.6 Å². The average Bonchev–Trinajstić information content (AvgIpc) is 2.22. The number of hydrogen-bond acceptors (Lipinski definition) is 3. The molecule has 0 radical (unpaired) electrons. The van der Waals surface area contributed by atoms with Crippen molar-refractivity contribution in [3.8, 4) is 5.75 Å². The largest absolute Gasteiger partial charge is 0.491 e. The van der Waals surface area contributed by atoms with E-state index in [1.165, 1.54) is 4.90 Å². The van der Waals surface area contributed by atoms with E-state index in [1.54, 1.807) is 32.3 Å². The molecule has 0 bridgehead atoms. The lowest BCUT2D eigenvalue weighted by atomic mass is 10.3. The van der Waals surface area contributed by atoms with Crippen molar-refractivity contribution in [2.75, 3.05) is 26.4 Å². The molecule has 0 aliphatic rings. The van der Waals surface area contributed by atoms with Gasteiger partial charge >= 0.3 is 0 Å². The molecule has 0 spiro atoms. The van der Waals surface area contributed by atoms with Crippen molar-refractivity contribution < 1.29 is 9.53 Å². The first-order valence-electron chi connectivity index (χ1n) is 4.88. The summed E-state index contributed by atoms with van der Waals surface area (Å²) >= 11 is 5.80. The van der Waals surface area contributed by atoms with Gasteiger partial charge in [-0.15, -0.1) is 0 Å². The third-order valence-electron chi connectivity index (χ3n) is 2.05. The fraction of sp³-hybridized carbons (Fsp3) is 0.364. The summed E-state index contributed by atoms with van der Waals surface area (Å²) in [6.45, 7) is 0.293. The van der Waals surface area contributed by atoms with Crippen molar-refractivity contribution in [2.45, 2.75) is 6.42 Å². The first kappa shape index (κ1) is 12.6. The van der Waals surface area contributed by atoms with Crippen LogP contribution < -0.4 is 10.5 Å². The summed E-state index contributed by atoms with van der Waals surface area (Å²) in [5.74, 6) is 0.527. The lowest BCUT2D eigenvalue weighted by molar-refractivity contribution is -0.129. The molecule has 1 aromatic rings. The summed E-state index contributed by atoms with van der Waals surface area (Å²) in [5.41, 5.74) is 6.20. The van der Waals surface area contributed by atoms with Crippen LogP contribution in [0.15, 0.2) is 18.2 Å². The average molecular weight is 243 g/mol. The zero-order valence-corrected chi connectivity index (χ0v) is 10.1. The highest BCUT2D eigenvalue weighted by atomic mass is 35.5. The Labute approximate surface area is 99.9 Å². The molecule has 4 nitrogen and oxygen atoms in total. The Morgan fingerprint density at radius 2 is 2.19 bits per heavy atom. The van der Waals surface area contributed by atoms with Crippen LogP contribution in [0.4, 0.5) is 5.69 Å². The van der Waals surface area contributed by atoms with Crippen molar-refractivity contribution in [3.05, 3.63) is 23.2 Å². The van der Waals surface area contributed by atoms with Crippen molar-refractivity contribution in [1.82, 2.24) is 4.90 Å². The quantitative estimate of drug-likeness (QED) is 0.819. The zero-order chi connectivity index (χ0) is 12.1. The molecule has 0 aliphatic heterocycles. The second kappa shape index (κ2) is 5.61. The minimum absolute atomic E-state index is 0.0144. The predicted octanol–water partition coefficient (Wildman–Crippen LogP) is 1.78. The van der Waals surface area contributed by atoms with E-state index in [4.69, 9.17) is 22.1 Å². The van der Waals surface area contributed by atoms with Crippen LogP contribution in [0, 0.1) is 0 Å². The van der Waals surface area contributed by atoms with Gasteiger partial charge in [0.25, 0.3) is 0 Å². The van der Waals surface area contributed by atoms with Gasteiger partial charge in [0.05, 0.1) is 18.7 Å². The number of amides is 1. The van der Waals surface area contributed by atoms with Crippen LogP contribution >= 0.6 is 11.6 Å². The van der Waals surface area contributed by atoms with Crippen LogP contribution in [-0.4, -0.2) is 31.5 Å². The van der Waals surface area contributed by atoms with Gasteiger partial charge in [-0.25, -0.2) is 0 Å². The van der Waals surface area contributed by atoms with Gasteiger partial charge < -0.3 is 15.4 Å². The fourth-order valence-corrected chi connectivity index (χ4v) is 1.27. The van der Waals surface area contributed by atoms with E-state index in [9.17, 15) is 4.79 Å². The Bertz CT molecular complexity index is 380. The maximum atomic E-state index is 11.3. The molecule has 0 atom stereocenters. The van der Waals surface area contributed by atoms with Gasteiger partial charge in [0.1, 0.15) is 5.75 Å². The maximum Gasteiger partial charge on any atom is 0.225 e. The zero-order valence-electron chi connectivity index (χ0n) is 9.37. The number of anilines is 1. The van der Waals surface area contributed by atoms with Gasteiger partial charge in [-0.3, -0.25) is 4.79 Å². The number of ether oxygens (including phenoxy) is 1. The van der Waals surface area contributed by atoms with E-state index >= 15 is 0 Å². The predicted molar refractivity (Wildman–Crippen MR) is 64.7 cm³/mol. The molecule has 0 aromatic heterocycles. The van der Waals surface area contributed by atoms with Crippen LogP contribution in [0.1, 0.15) is 6.42 Å². The Morgan fingerprint density at radius 1 is 1.50 bits per heavy atom. The molecular formula is C11H15ClN2O2. The van der Waals surface area contributed by atoms with Gasteiger partial charge in [-0.1, -0.05) is 11.6 Å². The number of nitrogens with two attached hydrogens (primary N) is 1. The summed E-state index contributed by atoms with van der Waals surface area (Å²) in [7, 11) is 3.41. The maximum absolute atomic E-state index is 11.3. The summed E-state index contributed by atoms with van der Waals surface area (Å²) in [6.07, 6.45) is 0.318. The summed E-state index contributed by atoms with van der Waals surface area (Å²) in [6, 6.07) is 5.00. The van der Waals surface area contributed by atoms with Crippen molar-refractivity contribution in [3.63, 3.8) is 0 Å². The van der Waals surface area contributed by atoms with E-state index in [0.717, 1.165) is 0 Å². The van der Waals surface area contributed by atoms with E-state index in [1.807, 2.05) is 0 Å². The van der Waals surface area contributed by atoms with Crippen LogP contribution in [0.25, 0.3) is 0 Å². The number of hydrogen-bond donors (Lipinski definition) is 1. The van der Waals surface area contributed by atoms with E-state index in [-0.39, 0.29) is 5.91 Å². The fourth-order valence-electron chi connectivity index (χ4n) is 1.11. The van der Waals surface area contributed by atoms with E-state index in [2.05, 4.69) is 0 Å². The van der Waals surface area contributed by atoms with Gasteiger partial charge in [0, 0.05) is 25.2 Å². The lowest BCUT2D eigenvalue weighted by Crippen LogP contribution is -2.23. The van der Waals surface area contributed by atoms with Crippen molar-refractivity contribution in [1.29, 1.82) is 0 Å².